The molecule has 0 aliphatic rings. The molecular formula is C9H9FN2O2S. The number of rotatable bonds is 3. The first-order chi connectivity index (χ1) is 6.96. The summed E-state index contributed by atoms with van der Waals surface area (Å²) < 4.78 is 37.6. The molecule has 0 spiro atoms. The Balaban J connectivity index is 3.02. The van der Waals surface area contributed by atoms with Crippen LogP contribution < -0.4 is 4.72 Å². The molecule has 0 saturated carbocycles. The van der Waals surface area contributed by atoms with Gasteiger partial charge in [-0.05, 0) is 19.1 Å². The molecule has 4 nitrogen and oxygen atoms in total. The number of anilines is 1. The Bertz CT molecular complexity index is 505. The van der Waals surface area contributed by atoms with E-state index in [1.807, 2.05) is 0 Å². The molecule has 0 bridgehead atoms. The van der Waals surface area contributed by atoms with E-state index in [-0.39, 0.29) is 11.3 Å². The van der Waals surface area contributed by atoms with Crippen molar-refractivity contribution in [2.24, 2.45) is 0 Å². The van der Waals surface area contributed by atoms with Crippen LogP contribution >= 0.6 is 0 Å². The third-order valence-corrected chi connectivity index (χ3v) is 2.83. The van der Waals surface area contributed by atoms with E-state index >= 15 is 0 Å². The molecule has 1 N–H and O–H groups in total. The predicted molar refractivity (Wildman–Crippen MR) is 54.2 cm³/mol. The van der Waals surface area contributed by atoms with E-state index in [0.29, 0.717) is 0 Å². The third kappa shape index (κ3) is 2.92. The van der Waals surface area contributed by atoms with Gasteiger partial charge >= 0.3 is 0 Å². The van der Waals surface area contributed by atoms with Crippen molar-refractivity contribution in [3.63, 3.8) is 0 Å². The van der Waals surface area contributed by atoms with Gasteiger partial charge in [-0.25, -0.2) is 12.8 Å². The summed E-state index contributed by atoms with van der Waals surface area (Å²) in [6, 6.07) is 5.58. The summed E-state index contributed by atoms with van der Waals surface area (Å²) >= 11 is 0. The number of nitriles is 1. The van der Waals surface area contributed by atoms with Crippen LogP contribution in [0.5, 0.6) is 0 Å². The zero-order chi connectivity index (χ0) is 11.5. The van der Waals surface area contributed by atoms with Gasteiger partial charge in [-0.3, -0.25) is 4.72 Å². The van der Waals surface area contributed by atoms with Gasteiger partial charge in [0.25, 0.3) is 0 Å². The summed E-state index contributed by atoms with van der Waals surface area (Å²) in [6.07, 6.45) is 0. The molecule has 0 aromatic heterocycles. The monoisotopic (exact) mass is 228 g/mol. The van der Waals surface area contributed by atoms with Crippen molar-refractivity contribution in [2.75, 3.05) is 10.5 Å². The van der Waals surface area contributed by atoms with Gasteiger partial charge in [-0.2, -0.15) is 5.26 Å². The van der Waals surface area contributed by atoms with Crippen molar-refractivity contribution in [3.05, 3.63) is 29.6 Å². The first-order valence-corrected chi connectivity index (χ1v) is 5.74. The smallest absolute Gasteiger partial charge is 0.246 e. The molecule has 0 fully saturated rings. The lowest BCUT2D eigenvalue weighted by molar-refractivity contribution is 0.604. The van der Waals surface area contributed by atoms with Crippen LogP contribution in [-0.4, -0.2) is 14.2 Å². The highest BCUT2D eigenvalue weighted by Gasteiger charge is 2.12. The number of benzene rings is 1. The van der Waals surface area contributed by atoms with Crippen LogP contribution in [0.2, 0.25) is 0 Å². The van der Waals surface area contributed by atoms with Gasteiger partial charge in [0.15, 0.2) is 5.75 Å². The lowest BCUT2D eigenvalue weighted by Gasteiger charge is -2.08. The topological polar surface area (TPSA) is 70.0 Å². The molecule has 80 valence electrons. The van der Waals surface area contributed by atoms with Gasteiger partial charge in [0.2, 0.25) is 10.0 Å². The maximum atomic E-state index is 13.0. The maximum Gasteiger partial charge on any atom is 0.246 e. The summed E-state index contributed by atoms with van der Waals surface area (Å²) in [5, 5.41) is 8.26. The highest BCUT2D eigenvalue weighted by molar-refractivity contribution is 7.92. The minimum absolute atomic E-state index is 0.158. The fraction of sp³-hybridized carbons (Fsp3) is 0.222. The average molecular weight is 228 g/mol. The van der Waals surface area contributed by atoms with Crippen molar-refractivity contribution in [2.45, 2.75) is 6.92 Å². The normalized spacial score (nSPS) is 10.7. The number of nitrogens with one attached hydrogen (secondary N) is 1. The number of hydrogen-bond acceptors (Lipinski definition) is 3. The SMILES string of the molecule is Cc1c(F)cccc1NS(=O)(=O)CC#N. The molecular weight excluding hydrogens is 219 g/mol. The van der Waals surface area contributed by atoms with E-state index in [4.69, 9.17) is 5.26 Å². The second kappa shape index (κ2) is 4.28. The molecule has 0 aliphatic heterocycles. The van der Waals surface area contributed by atoms with Crippen LogP contribution in [0, 0.1) is 24.1 Å². The summed E-state index contributed by atoms with van der Waals surface area (Å²) in [6.45, 7) is 1.46. The van der Waals surface area contributed by atoms with Gasteiger partial charge < -0.3 is 0 Å². The lowest BCUT2D eigenvalue weighted by atomic mass is 10.2. The van der Waals surface area contributed by atoms with Crippen molar-refractivity contribution in [1.82, 2.24) is 0 Å². The van der Waals surface area contributed by atoms with Crippen LogP contribution in [0.4, 0.5) is 10.1 Å². The van der Waals surface area contributed by atoms with Crippen LogP contribution in [-0.2, 0) is 10.0 Å². The maximum absolute atomic E-state index is 13.0. The summed E-state index contributed by atoms with van der Waals surface area (Å²) in [5.41, 5.74) is 0.365. The molecule has 0 heterocycles. The van der Waals surface area contributed by atoms with E-state index < -0.39 is 21.6 Å². The molecule has 1 aromatic carbocycles. The first kappa shape index (κ1) is 11.5. The quantitative estimate of drug-likeness (QED) is 0.850. The second-order valence-corrected chi connectivity index (χ2v) is 4.65. The van der Waals surface area contributed by atoms with Crippen molar-refractivity contribution >= 4 is 15.7 Å². The Kier molecular flexibility index (Phi) is 3.27. The van der Waals surface area contributed by atoms with Crippen LogP contribution in [0.3, 0.4) is 0 Å². The van der Waals surface area contributed by atoms with Gasteiger partial charge in [0, 0.05) is 5.56 Å². The first-order valence-electron chi connectivity index (χ1n) is 4.09. The Hall–Kier alpha value is -1.61. The van der Waals surface area contributed by atoms with Gasteiger partial charge in [-0.15, -0.1) is 0 Å². The fourth-order valence-electron chi connectivity index (χ4n) is 1.01. The number of halogens is 1. The summed E-state index contributed by atoms with van der Waals surface area (Å²) in [5.74, 6) is -1.14. The Labute approximate surface area is 87.4 Å². The zero-order valence-corrected chi connectivity index (χ0v) is 8.81. The van der Waals surface area contributed by atoms with Crippen molar-refractivity contribution in [1.29, 1.82) is 5.26 Å². The largest absolute Gasteiger partial charge is 0.282 e. The van der Waals surface area contributed by atoms with Crippen molar-refractivity contribution < 1.29 is 12.8 Å². The third-order valence-electron chi connectivity index (χ3n) is 1.79. The molecule has 6 heteroatoms. The zero-order valence-electron chi connectivity index (χ0n) is 7.99. The minimum atomic E-state index is -3.70. The highest BCUT2D eigenvalue weighted by Crippen LogP contribution is 2.18. The molecule has 15 heavy (non-hydrogen) atoms. The molecule has 0 unspecified atom stereocenters. The van der Waals surface area contributed by atoms with E-state index in [0.717, 1.165) is 0 Å². The fourth-order valence-corrected chi connectivity index (χ4v) is 1.80. The van der Waals surface area contributed by atoms with E-state index in [1.54, 1.807) is 0 Å². The molecule has 0 radical (unpaired) electrons. The molecule has 0 aliphatic carbocycles. The van der Waals surface area contributed by atoms with Crippen LogP contribution in [0.1, 0.15) is 5.56 Å². The number of sulfonamides is 1. The summed E-state index contributed by atoms with van der Waals surface area (Å²) in [7, 11) is -3.70. The van der Waals surface area contributed by atoms with Crippen molar-refractivity contribution in [3.8, 4) is 6.07 Å². The Morgan fingerprint density at radius 2 is 2.20 bits per heavy atom. The Morgan fingerprint density at radius 1 is 1.53 bits per heavy atom. The van der Waals surface area contributed by atoms with E-state index in [2.05, 4.69) is 4.72 Å². The number of nitrogens with zero attached hydrogens (tertiary/aromatic N) is 1. The van der Waals surface area contributed by atoms with Gasteiger partial charge in [0.05, 0.1) is 11.8 Å². The lowest BCUT2D eigenvalue weighted by Crippen LogP contribution is -2.16. The Morgan fingerprint density at radius 3 is 2.80 bits per heavy atom. The van der Waals surface area contributed by atoms with Gasteiger partial charge in [-0.1, -0.05) is 6.07 Å². The molecule has 0 atom stereocenters. The van der Waals surface area contributed by atoms with E-state index in [1.165, 1.54) is 31.2 Å². The second-order valence-electron chi connectivity index (χ2n) is 2.93. The molecule has 1 rings (SSSR count). The van der Waals surface area contributed by atoms with E-state index in [9.17, 15) is 12.8 Å². The minimum Gasteiger partial charge on any atom is -0.282 e. The van der Waals surface area contributed by atoms with Gasteiger partial charge in [0.1, 0.15) is 5.82 Å². The molecule has 0 saturated heterocycles. The molecule has 1 aromatic rings. The molecule has 0 amide bonds. The number of hydrogen-bond donors (Lipinski definition) is 1. The highest BCUT2D eigenvalue weighted by atomic mass is 32.2. The average Bonchev–Trinajstić information content (AvgIpc) is 2.12. The van der Waals surface area contributed by atoms with Crippen LogP contribution in [0.25, 0.3) is 0 Å². The standard InChI is InChI=1S/C9H9FN2O2S/c1-7-8(10)3-2-4-9(7)12-15(13,14)6-5-11/h2-4,12H,6H2,1H3. The van der Waals surface area contributed by atoms with Crippen LogP contribution in [0.15, 0.2) is 18.2 Å². The summed E-state index contributed by atoms with van der Waals surface area (Å²) in [4.78, 5) is 0. The predicted octanol–water partition coefficient (Wildman–Crippen LogP) is 1.40.